The SMILES string of the molecule is CCC1CCCCC1(CN)N(C)CCOC(C)C. The number of rotatable bonds is 7. The lowest BCUT2D eigenvalue weighted by atomic mass is 9.70. The van der Waals surface area contributed by atoms with E-state index >= 15 is 0 Å². The van der Waals surface area contributed by atoms with Crippen molar-refractivity contribution in [2.75, 3.05) is 26.7 Å². The Kier molecular flexibility index (Phi) is 6.61. The first-order valence-electron chi connectivity index (χ1n) is 7.59. The fourth-order valence-corrected chi connectivity index (χ4v) is 3.45. The van der Waals surface area contributed by atoms with E-state index in [9.17, 15) is 0 Å². The van der Waals surface area contributed by atoms with E-state index < -0.39 is 0 Å². The quantitative estimate of drug-likeness (QED) is 0.761. The molecule has 1 aliphatic carbocycles. The van der Waals surface area contributed by atoms with Crippen LogP contribution in [0.2, 0.25) is 0 Å². The first kappa shape index (κ1) is 15.9. The number of hydrogen-bond donors (Lipinski definition) is 1. The molecule has 0 aromatic rings. The van der Waals surface area contributed by atoms with Gasteiger partial charge in [0.1, 0.15) is 0 Å². The van der Waals surface area contributed by atoms with Gasteiger partial charge in [0, 0.05) is 18.6 Å². The van der Waals surface area contributed by atoms with E-state index in [0.717, 1.165) is 25.6 Å². The van der Waals surface area contributed by atoms with Crippen molar-refractivity contribution in [3.05, 3.63) is 0 Å². The lowest BCUT2D eigenvalue weighted by Gasteiger charge is -2.49. The normalized spacial score (nSPS) is 29.2. The maximum absolute atomic E-state index is 6.15. The standard InChI is InChI=1S/C15H32N2O/c1-5-14-8-6-7-9-15(14,12-16)17(4)10-11-18-13(2)3/h13-14H,5-12,16H2,1-4H3. The Morgan fingerprint density at radius 2 is 2.11 bits per heavy atom. The fraction of sp³-hybridized carbons (Fsp3) is 1.00. The summed E-state index contributed by atoms with van der Waals surface area (Å²) in [4.78, 5) is 2.47. The second kappa shape index (κ2) is 7.46. The second-order valence-electron chi connectivity index (χ2n) is 6.00. The molecule has 0 heterocycles. The topological polar surface area (TPSA) is 38.5 Å². The number of nitrogens with two attached hydrogens (primary N) is 1. The predicted octanol–water partition coefficient (Wildman–Crippen LogP) is 2.64. The van der Waals surface area contributed by atoms with Crippen molar-refractivity contribution in [2.45, 2.75) is 64.5 Å². The van der Waals surface area contributed by atoms with E-state index in [4.69, 9.17) is 10.5 Å². The monoisotopic (exact) mass is 256 g/mol. The molecule has 3 nitrogen and oxygen atoms in total. The van der Waals surface area contributed by atoms with E-state index in [-0.39, 0.29) is 5.54 Å². The summed E-state index contributed by atoms with van der Waals surface area (Å²) in [6.45, 7) is 9.07. The van der Waals surface area contributed by atoms with Crippen molar-refractivity contribution >= 4 is 0 Å². The molecule has 1 aliphatic rings. The average Bonchev–Trinajstić information content (AvgIpc) is 2.37. The van der Waals surface area contributed by atoms with Gasteiger partial charge in [-0.15, -0.1) is 0 Å². The Balaban J connectivity index is 2.60. The third-order valence-corrected chi connectivity index (χ3v) is 4.66. The van der Waals surface area contributed by atoms with Gasteiger partial charge in [-0.1, -0.05) is 26.2 Å². The minimum atomic E-state index is 0.216. The summed E-state index contributed by atoms with van der Waals surface area (Å²) >= 11 is 0. The number of likely N-dealkylation sites (N-methyl/N-ethyl adjacent to an activating group) is 1. The zero-order valence-electron chi connectivity index (χ0n) is 12.7. The Bertz CT molecular complexity index is 233. The van der Waals surface area contributed by atoms with Crippen LogP contribution in [-0.2, 0) is 4.74 Å². The van der Waals surface area contributed by atoms with Crippen molar-refractivity contribution in [1.29, 1.82) is 0 Å². The summed E-state index contributed by atoms with van der Waals surface area (Å²) in [5, 5.41) is 0. The Hall–Kier alpha value is -0.120. The zero-order chi connectivity index (χ0) is 13.6. The van der Waals surface area contributed by atoms with Gasteiger partial charge in [0.05, 0.1) is 12.7 Å². The number of ether oxygens (including phenoxy) is 1. The fourth-order valence-electron chi connectivity index (χ4n) is 3.45. The van der Waals surface area contributed by atoms with Gasteiger partial charge in [0.15, 0.2) is 0 Å². The molecule has 18 heavy (non-hydrogen) atoms. The van der Waals surface area contributed by atoms with Crippen molar-refractivity contribution < 1.29 is 4.74 Å². The van der Waals surface area contributed by atoms with Crippen LogP contribution in [0.3, 0.4) is 0 Å². The predicted molar refractivity (Wildman–Crippen MR) is 77.8 cm³/mol. The lowest BCUT2D eigenvalue weighted by Crippen LogP contribution is -2.59. The first-order chi connectivity index (χ1) is 8.56. The van der Waals surface area contributed by atoms with Gasteiger partial charge in [-0.25, -0.2) is 0 Å². The number of nitrogens with zero attached hydrogens (tertiary/aromatic N) is 1. The molecule has 0 aromatic heterocycles. The van der Waals surface area contributed by atoms with E-state index in [1.165, 1.54) is 32.1 Å². The Morgan fingerprint density at radius 3 is 2.67 bits per heavy atom. The van der Waals surface area contributed by atoms with Gasteiger partial charge in [-0.05, 0) is 39.7 Å². The van der Waals surface area contributed by atoms with Crippen molar-refractivity contribution in [3.8, 4) is 0 Å². The molecule has 0 aliphatic heterocycles. The maximum atomic E-state index is 6.15. The highest BCUT2D eigenvalue weighted by atomic mass is 16.5. The third kappa shape index (κ3) is 3.69. The van der Waals surface area contributed by atoms with Gasteiger partial charge >= 0.3 is 0 Å². The Labute approximate surface area is 113 Å². The van der Waals surface area contributed by atoms with Gasteiger partial charge in [-0.3, -0.25) is 4.90 Å². The Morgan fingerprint density at radius 1 is 1.39 bits per heavy atom. The van der Waals surface area contributed by atoms with Crippen LogP contribution in [-0.4, -0.2) is 43.3 Å². The average molecular weight is 256 g/mol. The minimum Gasteiger partial charge on any atom is -0.377 e. The van der Waals surface area contributed by atoms with Crippen LogP contribution < -0.4 is 5.73 Å². The molecule has 0 radical (unpaired) electrons. The van der Waals surface area contributed by atoms with Crippen molar-refractivity contribution in [1.82, 2.24) is 4.90 Å². The summed E-state index contributed by atoms with van der Waals surface area (Å²) in [7, 11) is 2.23. The molecule has 0 amide bonds. The molecule has 3 heteroatoms. The van der Waals surface area contributed by atoms with Crippen LogP contribution in [0, 0.1) is 5.92 Å². The lowest BCUT2D eigenvalue weighted by molar-refractivity contribution is -0.00825. The summed E-state index contributed by atoms with van der Waals surface area (Å²) in [5.74, 6) is 0.750. The molecule has 2 N–H and O–H groups in total. The molecule has 1 rings (SSSR count). The molecule has 0 spiro atoms. The first-order valence-corrected chi connectivity index (χ1v) is 7.59. The van der Waals surface area contributed by atoms with E-state index in [2.05, 4.69) is 32.7 Å². The van der Waals surface area contributed by atoms with E-state index in [1.807, 2.05) is 0 Å². The van der Waals surface area contributed by atoms with Gasteiger partial charge in [0.25, 0.3) is 0 Å². The summed E-state index contributed by atoms with van der Waals surface area (Å²) in [6.07, 6.45) is 6.84. The summed E-state index contributed by atoms with van der Waals surface area (Å²) in [6, 6.07) is 0. The largest absolute Gasteiger partial charge is 0.377 e. The molecule has 2 unspecified atom stereocenters. The molecule has 1 fully saturated rings. The van der Waals surface area contributed by atoms with Crippen LogP contribution in [0.1, 0.15) is 52.9 Å². The zero-order valence-corrected chi connectivity index (χ0v) is 12.7. The molecular formula is C15H32N2O. The van der Waals surface area contributed by atoms with Crippen LogP contribution >= 0.6 is 0 Å². The van der Waals surface area contributed by atoms with E-state index in [0.29, 0.717) is 6.10 Å². The molecule has 1 saturated carbocycles. The minimum absolute atomic E-state index is 0.216. The van der Waals surface area contributed by atoms with Gasteiger partial charge in [0.2, 0.25) is 0 Å². The van der Waals surface area contributed by atoms with Crippen LogP contribution in [0.25, 0.3) is 0 Å². The highest BCUT2D eigenvalue weighted by molar-refractivity contribution is 4.98. The van der Waals surface area contributed by atoms with Crippen molar-refractivity contribution in [3.63, 3.8) is 0 Å². The van der Waals surface area contributed by atoms with Crippen LogP contribution in [0.5, 0.6) is 0 Å². The van der Waals surface area contributed by atoms with Gasteiger partial charge < -0.3 is 10.5 Å². The molecule has 0 bridgehead atoms. The second-order valence-corrected chi connectivity index (χ2v) is 6.00. The van der Waals surface area contributed by atoms with Crippen molar-refractivity contribution in [2.24, 2.45) is 11.7 Å². The van der Waals surface area contributed by atoms with Crippen LogP contribution in [0.4, 0.5) is 0 Å². The van der Waals surface area contributed by atoms with Crippen LogP contribution in [0.15, 0.2) is 0 Å². The molecule has 0 saturated heterocycles. The third-order valence-electron chi connectivity index (χ3n) is 4.66. The highest BCUT2D eigenvalue weighted by Gasteiger charge is 2.41. The molecule has 2 atom stereocenters. The summed E-state index contributed by atoms with van der Waals surface area (Å²) in [5.41, 5.74) is 6.37. The smallest absolute Gasteiger partial charge is 0.0597 e. The highest BCUT2D eigenvalue weighted by Crippen LogP contribution is 2.39. The molecular weight excluding hydrogens is 224 g/mol. The van der Waals surface area contributed by atoms with Gasteiger partial charge in [-0.2, -0.15) is 0 Å². The molecule has 0 aromatic carbocycles. The number of hydrogen-bond acceptors (Lipinski definition) is 3. The van der Waals surface area contributed by atoms with E-state index in [1.54, 1.807) is 0 Å². The summed E-state index contributed by atoms with van der Waals surface area (Å²) < 4.78 is 5.68. The molecule has 108 valence electrons. The maximum Gasteiger partial charge on any atom is 0.0597 e.